The van der Waals surface area contributed by atoms with Gasteiger partial charge in [-0.15, -0.1) is 0 Å². The number of ether oxygens (including phenoxy) is 1. The molecule has 0 fully saturated rings. The fourth-order valence-corrected chi connectivity index (χ4v) is 3.29. The Hall–Kier alpha value is -3.23. The number of benzene rings is 1. The SMILES string of the molecule is CNC(=O)CCC(C=O)N1C(=O)c2cccc(OCC(=O)NCCCC(C)C)c2C1=O. The van der Waals surface area contributed by atoms with E-state index in [0.29, 0.717) is 18.7 Å². The van der Waals surface area contributed by atoms with Crippen LogP contribution in [0.5, 0.6) is 5.75 Å². The summed E-state index contributed by atoms with van der Waals surface area (Å²) in [5.74, 6) is -1.28. The number of rotatable bonds is 12. The van der Waals surface area contributed by atoms with Gasteiger partial charge in [-0.2, -0.15) is 0 Å². The van der Waals surface area contributed by atoms with E-state index < -0.39 is 17.9 Å². The standard InChI is InChI=1S/C22H29N3O6/c1-14(2)6-5-11-24-19(28)13-31-17-8-4-7-16-20(17)22(30)25(21(16)29)15(12-26)9-10-18(27)23-3/h4,7-8,12,14-15H,5-6,9-11,13H2,1-3H3,(H,23,27)(H,24,28). The predicted octanol–water partition coefficient (Wildman–Crippen LogP) is 1.31. The zero-order valence-electron chi connectivity index (χ0n) is 18.1. The second-order valence-corrected chi connectivity index (χ2v) is 7.75. The van der Waals surface area contributed by atoms with Crippen molar-refractivity contribution >= 4 is 29.9 Å². The summed E-state index contributed by atoms with van der Waals surface area (Å²) in [6, 6.07) is 3.44. The van der Waals surface area contributed by atoms with Gasteiger partial charge in [0.1, 0.15) is 12.0 Å². The van der Waals surface area contributed by atoms with Crippen LogP contribution < -0.4 is 15.4 Å². The molecule has 1 aromatic rings. The molecule has 31 heavy (non-hydrogen) atoms. The molecule has 9 nitrogen and oxygen atoms in total. The van der Waals surface area contributed by atoms with Crippen LogP contribution in [0.2, 0.25) is 0 Å². The van der Waals surface area contributed by atoms with Crippen LogP contribution in [-0.4, -0.2) is 61.1 Å². The lowest BCUT2D eigenvalue weighted by molar-refractivity contribution is -0.123. The third kappa shape index (κ3) is 6.13. The highest BCUT2D eigenvalue weighted by Gasteiger charge is 2.42. The van der Waals surface area contributed by atoms with Gasteiger partial charge in [0.15, 0.2) is 6.61 Å². The van der Waals surface area contributed by atoms with Crippen molar-refractivity contribution in [1.29, 1.82) is 0 Å². The van der Waals surface area contributed by atoms with E-state index in [1.54, 1.807) is 6.07 Å². The molecule has 0 bridgehead atoms. The Labute approximate surface area is 181 Å². The van der Waals surface area contributed by atoms with Crippen molar-refractivity contribution in [1.82, 2.24) is 15.5 Å². The quantitative estimate of drug-likeness (QED) is 0.292. The van der Waals surface area contributed by atoms with Crippen LogP contribution in [0.1, 0.15) is 60.2 Å². The van der Waals surface area contributed by atoms with Crippen LogP contribution in [-0.2, 0) is 14.4 Å². The first-order valence-corrected chi connectivity index (χ1v) is 10.4. The van der Waals surface area contributed by atoms with Crippen LogP contribution in [0.4, 0.5) is 0 Å². The van der Waals surface area contributed by atoms with E-state index in [1.165, 1.54) is 19.2 Å². The molecule has 1 unspecified atom stereocenters. The maximum Gasteiger partial charge on any atom is 0.265 e. The molecular weight excluding hydrogens is 402 g/mol. The maximum atomic E-state index is 12.9. The van der Waals surface area contributed by atoms with Gasteiger partial charge in [0, 0.05) is 20.0 Å². The van der Waals surface area contributed by atoms with Crippen molar-refractivity contribution in [3.63, 3.8) is 0 Å². The zero-order chi connectivity index (χ0) is 23.0. The number of nitrogens with zero attached hydrogens (tertiary/aromatic N) is 1. The first-order valence-electron chi connectivity index (χ1n) is 10.4. The van der Waals surface area contributed by atoms with Gasteiger partial charge in [-0.25, -0.2) is 0 Å². The minimum absolute atomic E-state index is 0.00630. The van der Waals surface area contributed by atoms with Crippen molar-refractivity contribution in [2.75, 3.05) is 20.2 Å². The number of hydrogen-bond donors (Lipinski definition) is 2. The first kappa shape index (κ1) is 24.0. The normalized spacial score (nSPS) is 13.7. The van der Waals surface area contributed by atoms with Crippen molar-refractivity contribution in [2.45, 2.75) is 45.6 Å². The highest BCUT2D eigenvalue weighted by molar-refractivity contribution is 6.23. The molecule has 0 radical (unpaired) electrons. The fraction of sp³-hybridized carbons (Fsp3) is 0.500. The molecule has 2 N–H and O–H groups in total. The minimum Gasteiger partial charge on any atom is -0.483 e. The summed E-state index contributed by atoms with van der Waals surface area (Å²) in [6.45, 7) is 4.45. The monoisotopic (exact) mass is 431 g/mol. The van der Waals surface area contributed by atoms with Gasteiger partial charge in [0.25, 0.3) is 17.7 Å². The van der Waals surface area contributed by atoms with E-state index in [0.717, 1.165) is 17.7 Å². The topological polar surface area (TPSA) is 122 Å². The van der Waals surface area contributed by atoms with Crippen LogP contribution in [0.25, 0.3) is 0 Å². The number of carbonyl (C=O) groups is 5. The van der Waals surface area contributed by atoms with E-state index in [9.17, 15) is 24.0 Å². The Bertz CT molecular complexity index is 852. The lowest BCUT2D eigenvalue weighted by atomic mass is 10.1. The van der Waals surface area contributed by atoms with Crippen molar-refractivity contribution in [2.24, 2.45) is 5.92 Å². The molecule has 168 valence electrons. The number of carbonyl (C=O) groups excluding carboxylic acids is 5. The Morgan fingerprint density at radius 2 is 1.87 bits per heavy atom. The highest BCUT2D eigenvalue weighted by Crippen LogP contribution is 2.32. The molecule has 1 atom stereocenters. The van der Waals surface area contributed by atoms with Gasteiger partial charge in [0.05, 0.1) is 17.2 Å². The average Bonchev–Trinajstić information content (AvgIpc) is 3.01. The van der Waals surface area contributed by atoms with Gasteiger partial charge in [0.2, 0.25) is 5.91 Å². The number of nitrogens with one attached hydrogen (secondary N) is 2. The third-order valence-electron chi connectivity index (χ3n) is 4.98. The molecule has 4 amide bonds. The lowest BCUT2D eigenvalue weighted by Gasteiger charge is -2.21. The zero-order valence-corrected chi connectivity index (χ0v) is 18.1. The summed E-state index contributed by atoms with van der Waals surface area (Å²) in [4.78, 5) is 61.6. The number of imide groups is 1. The van der Waals surface area contributed by atoms with E-state index in [2.05, 4.69) is 24.5 Å². The number of fused-ring (bicyclic) bond motifs is 1. The number of hydrogen-bond acceptors (Lipinski definition) is 6. The number of aldehydes is 1. The summed E-state index contributed by atoms with van der Waals surface area (Å²) in [5, 5.41) is 5.19. The average molecular weight is 431 g/mol. The van der Waals surface area contributed by atoms with Gasteiger partial charge < -0.3 is 20.2 Å². The molecule has 0 saturated heterocycles. The van der Waals surface area contributed by atoms with E-state index in [4.69, 9.17) is 4.74 Å². The molecule has 0 aromatic heterocycles. The molecule has 1 aromatic carbocycles. The lowest BCUT2D eigenvalue weighted by Crippen LogP contribution is -2.41. The highest BCUT2D eigenvalue weighted by atomic mass is 16.5. The fourth-order valence-electron chi connectivity index (χ4n) is 3.29. The summed E-state index contributed by atoms with van der Waals surface area (Å²) >= 11 is 0. The Balaban J connectivity index is 2.06. The second kappa shape index (κ2) is 11.2. The molecule has 0 aliphatic carbocycles. The second-order valence-electron chi connectivity index (χ2n) is 7.75. The molecule has 9 heteroatoms. The van der Waals surface area contributed by atoms with Crippen molar-refractivity contribution in [3.8, 4) is 5.75 Å². The van der Waals surface area contributed by atoms with Gasteiger partial charge >= 0.3 is 0 Å². The van der Waals surface area contributed by atoms with Crippen molar-refractivity contribution in [3.05, 3.63) is 29.3 Å². The predicted molar refractivity (Wildman–Crippen MR) is 113 cm³/mol. The molecule has 2 rings (SSSR count). The maximum absolute atomic E-state index is 12.9. The van der Waals surface area contributed by atoms with Crippen molar-refractivity contribution < 1.29 is 28.7 Å². The molecule has 0 saturated carbocycles. The Morgan fingerprint density at radius 1 is 1.13 bits per heavy atom. The molecule has 0 spiro atoms. The molecule has 1 aliphatic rings. The number of amides is 4. The smallest absolute Gasteiger partial charge is 0.265 e. The van der Waals surface area contributed by atoms with Crippen LogP contribution in [0.15, 0.2) is 18.2 Å². The first-order chi connectivity index (χ1) is 14.8. The molecular formula is C22H29N3O6. The Kier molecular flexibility index (Phi) is 8.72. The summed E-state index contributed by atoms with van der Waals surface area (Å²) in [7, 11) is 1.46. The molecule has 1 heterocycles. The summed E-state index contributed by atoms with van der Waals surface area (Å²) in [5.41, 5.74) is 0.124. The molecule has 1 aliphatic heterocycles. The summed E-state index contributed by atoms with van der Waals surface area (Å²) in [6.07, 6.45) is 2.35. The Morgan fingerprint density at radius 3 is 2.52 bits per heavy atom. The van der Waals surface area contributed by atoms with E-state index >= 15 is 0 Å². The van der Waals surface area contributed by atoms with Gasteiger partial charge in [-0.1, -0.05) is 19.9 Å². The largest absolute Gasteiger partial charge is 0.483 e. The van der Waals surface area contributed by atoms with Gasteiger partial charge in [-0.05, 0) is 37.3 Å². The van der Waals surface area contributed by atoms with Crippen LogP contribution >= 0.6 is 0 Å². The summed E-state index contributed by atoms with van der Waals surface area (Å²) < 4.78 is 5.52. The minimum atomic E-state index is -1.07. The van der Waals surface area contributed by atoms with Crippen LogP contribution in [0.3, 0.4) is 0 Å². The van der Waals surface area contributed by atoms with E-state index in [1.807, 2.05) is 0 Å². The van der Waals surface area contributed by atoms with E-state index in [-0.39, 0.29) is 48.1 Å². The van der Waals surface area contributed by atoms with Crippen LogP contribution in [0, 0.1) is 5.92 Å². The third-order valence-corrected chi connectivity index (χ3v) is 4.98. The van der Waals surface area contributed by atoms with Gasteiger partial charge in [-0.3, -0.25) is 24.1 Å².